The van der Waals surface area contributed by atoms with Gasteiger partial charge in [-0.15, -0.1) is 5.10 Å². The Bertz CT molecular complexity index is 707. The molecule has 0 radical (unpaired) electrons. The van der Waals surface area contributed by atoms with Gasteiger partial charge in [0.1, 0.15) is 0 Å². The SMILES string of the molecule is CC(C)C[C@H](NC(=O)[C@@H]1CCCC[C@@H]1N)C(=O)c1nn(CC(C)C)c(=O)o1. The molecule has 0 aromatic carbocycles. The Morgan fingerprint density at radius 3 is 2.48 bits per heavy atom. The lowest BCUT2D eigenvalue weighted by atomic mass is 9.84. The van der Waals surface area contributed by atoms with Crippen molar-refractivity contribution in [1.82, 2.24) is 15.1 Å². The summed E-state index contributed by atoms with van der Waals surface area (Å²) < 4.78 is 6.21. The normalized spacial score (nSPS) is 21.4. The van der Waals surface area contributed by atoms with E-state index in [1.54, 1.807) is 0 Å². The lowest BCUT2D eigenvalue weighted by Crippen LogP contribution is -2.49. The number of rotatable bonds is 8. The first kappa shape index (κ1) is 21.3. The van der Waals surface area contributed by atoms with Crippen molar-refractivity contribution >= 4 is 11.7 Å². The van der Waals surface area contributed by atoms with E-state index < -0.39 is 17.6 Å². The van der Waals surface area contributed by atoms with Gasteiger partial charge in [0.15, 0.2) is 0 Å². The van der Waals surface area contributed by atoms with Gasteiger partial charge in [-0.05, 0) is 31.1 Å². The molecule has 2 rings (SSSR count). The minimum absolute atomic E-state index is 0.170. The number of hydrogen-bond acceptors (Lipinski definition) is 6. The van der Waals surface area contributed by atoms with Crippen molar-refractivity contribution in [2.24, 2.45) is 23.5 Å². The summed E-state index contributed by atoms with van der Waals surface area (Å²) in [5.74, 6) is -1.51. The molecule has 1 fully saturated rings. The fourth-order valence-electron chi connectivity index (χ4n) is 3.48. The zero-order valence-electron chi connectivity index (χ0n) is 16.7. The predicted molar refractivity (Wildman–Crippen MR) is 101 cm³/mol. The first-order chi connectivity index (χ1) is 12.7. The highest BCUT2D eigenvalue weighted by Gasteiger charge is 2.33. The highest BCUT2D eigenvalue weighted by atomic mass is 16.4. The number of hydrogen-bond donors (Lipinski definition) is 2. The number of nitrogens with one attached hydrogen (secondary N) is 1. The van der Waals surface area contributed by atoms with Gasteiger partial charge >= 0.3 is 5.76 Å². The predicted octanol–water partition coefficient (Wildman–Crippen LogP) is 1.72. The largest absolute Gasteiger partial charge is 0.437 e. The Balaban J connectivity index is 2.16. The molecule has 3 N–H and O–H groups in total. The standard InChI is InChI=1S/C19H32N4O4/c1-11(2)9-15(21-17(25)13-7-5-6-8-14(13)20)16(24)18-22-23(10-12(3)4)19(26)27-18/h11-15H,5-10,20H2,1-4H3,(H,21,25)/t13-,14+,15+/m1/s1. The molecule has 1 saturated carbocycles. The van der Waals surface area contributed by atoms with E-state index in [9.17, 15) is 14.4 Å². The third-order valence-corrected chi connectivity index (χ3v) is 4.85. The van der Waals surface area contributed by atoms with E-state index in [-0.39, 0.29) is 35.6 Å². The molecule has 1 aromatic rings. The number of nitrogens with zero attached hydrogens (tertiary/aromatic N) is 2. The first-order valence-electron chi connectivity index (χ1n) is 9.87. The number of nitrogens with two attached hydrogens (primary N) is 1. The van der Waals surface area contributed by atoms with Crippen molar-refractivity contribution in [2.75, 3.05) is 0 Å². The quantitative estimate of drug-likeness (QED) is 0.663. The van der Waals surface area contributed by atoms with Crippen molar-refractivity contribution in [3.63, 3.8) is 0 Å². The molecule has 8 heteroatoms. The molecule has 0 saturated heterocycles. The minimum atomic E-state index is -0.780. The van der Waals surface area contributed by atoms with Gasteiger partial charge in [-0.3, -0.25) is 9.59 Å². The van der Waals surface area contributed by atoms with E-state index in [0.29, 0.717) is 13.0 Å². The monoisotopic (exact) mass is 380 g/mol. The van der Waals surface area contributed by atoms with Gasteiger partial charge in [-0.1, -0.05) is 40.5 Å². The second-order valence-corrected chi connectivity index (χ2v) is 8.36. The first-order valence-corrected chi connectivity index (χ1v) is 9.87. The van der Waals surface area contributed by atoms with E-state index in [0.717, 1.165) is 30.4 Å². The molecule has 0 spiro atoms. The maximum Gasteiger partial charge on any atom is 0.437 e. The summed E-state index contributed by atoms with van der Waals surface area (Å²) in [6.07, 6.45) is 3.97. The van der Waals surface area contributed by atoms with E-state index in [1.807, 2.05) is 27.7 Å². The van der Waals surface area contributed by atoms with Gasteiger partial charge in [0.05, 0.1) is 18.5 Å². The second-order valence-electron chi connectivity index (χ2n) is 8.36. The van der Waals surface area contributed by atoms with Crippen LogP contribution in [-0.4, -0.2) is 33.6 Å². The van der Waals surface area contributed by atoms with E-state index in [1.165, 1.54) is 0 Å². The molecule has 1 heterocycles. The van der Waals surface area contributed by atoms with E-state index in [2.05, 4.69) is 10.4 Å². The topological polar surface area (TPSA) is 120 Å². The van der Waals surface area contributed by atoms with Crippen molar-refractivity contribution in [3.05, 3.63) is 16.4 Å². The number of Topliss-reactive ketones (excluding diaryl/α,β-unsaturated/α-hetero) is 1. The van der Waals surface area contributed by atoms with Gasteiger partial charge in [0, 0.05) is 6.04 Å². The van der Waals surface area contributed by atoms with Crippen LogP contribution in [0, 0.1) is 17.8 Å². The molecular weight excluding hydrogens is 348 g/mol. The number of amides is 1. The summed E-state index contributed by atoms with van der Waals surface area (Å²) >= 11 is 0. The van der Waals surface area contributed by atoms with Crippen LogP contribution in [0.15, 0.2) is 9.21 Å². The number of carbonyl (C=O) groups is 2. The molecule has 1 aliphatic rings. The molecule has 0 aliphatic heterocycles. The third kappa shape index (κ3) is 5.76. The lowest BCUT2D eigenvalue weighted by Gasteiger charge is -2.29. The van der Waals surface area contributed by atoms with Gasteiger partial charge in [-0.2, -0.15) is 4.68 Å². The Hall–Kier alpha value is -1.96. The fraction of sp³-hybridized carbons (Fsp3) is 0.789. The smallest absolute Gasteiger partial charge is 0.384 e. The van der Waals surface area contributed by atoms with Gasteiger partial charge in [0.25, 0.3) is 5.89 Å². The highest BCUT2D eigenvalue weighted by Crippen LogP contribution is 2.23. The van der Waals surface area contributed by atoms with Crippen LogP contribution < -0.4 is 16.8 Å². The maximum absolute atomic E-state index is 12.9. The summed E-state index contributed by atoms with van der Waals surface area (Å²) in [4.78, 5) is 37.5. The van der Waals surface area contributed by atoms with Crippen LogP contribution in [0.25, 0.3) is 0 Å². The van der Waals surface area contributed by atoms with Gasteiger partial charge in [0.2, 0.25) is 11.7 Å². The molecule has 8 nitrogen and oxygen atoms in total. The molecule has 1 aromatic heterocycles. The van der Waals surface area contributed by atoms with Gasteiger partial charge in [-0.25, -0.2) is 4.79 Å². The zero-order chi connectivity index (χ0) is 20.1. The maximum atomic E-state index is 12.9. The van der Waals surface area contributed by atoms with Crippen molar-refractivity contribution < 1.29 is 14.0 Å². The summed E-state index contributed by atoms with van der Waals surface area (Å²) in [5, 5.41) is 6.86. The number of aromatic nitrogens is 2. The molecule has 3 atom stereocenters. The van der Waals surface area contributed by atoms with Crippen molar-refractivity contribution in [2.45, 2.75) is 78.4 Å². The summed E-state index contributed by atoms with van der Waals surface area (Å²) in [6, 6.07) is -0.964. The van der Waals surface area contributed by atoms with Crippen LogP contribution in [0.1, 0.15) is 70.5 Å². The molecule has 152 valence electrons. The minimum Gasteiger partial charge on any atom is -0.384 e. The summed E-state index contributed by atoms with van der Waals surface area (Å²) in [7, 11) is 0. The Morgan fingerprint density at radius 1 is 1.22 bits per heavy atom. The third-order valence-electron chi connectivity index (χ3n) is 4.85. The summed E-state index contributed by atoms with van der Waals surface area (Å²) in [6.45, 7) is 8.18. The van der Waals surface area contributed by atoms with Crippen LogP contribution in [0.5, 0.6) is 0 Å². The van der Waals surface area contributed by atoms with Crippen LogP contribution in [0.3, 0.4) is 0 Å². The molecule has 1 aliphatic carbocycles. The summed E-state index contributed by atoms with van der Waals surface area (Å²) in [5.41, 5.74) is 6.09. The molecule has 0 bridgehead atoms. The molecule has 1 amide bonds. The zero-order valence-corrected chi connectivity index (χ0v) is 16.7. The van der Waals surface area contributed by atoms with Crippen molar-refractivity contribution in [3.8, 4) is 0 Å². The Morgan fingerprint density at radius 2 is 1.89 bits per heavy atom. The Kier molecular flexibility index (Phi) is 7.35. The average Bonchev–Trinajstić information content (AvgIpc) is 2.93. The van der Waals surface area contributed by atoms with E-state index in [4.69, 9.17) is 10.2 Å². The van der Waals surface area contributed by atoms with Crippen LogP contribution in [0.2, 0.25) is 0 Å². The second kappa shape index (κ2) is 9.30. The number of ketones is 1. The highest BCUT2D eigenvalue weighted by molar-refractivity contribution is 5.98. The fourth-order valence-corrected chi connectivity index (χ4v) is 3.48. The molecule has 0 unspecified atom stereocenters. The van der Waals surface area contributed by atoms with E-state index >= 15 is 0 Å². The molecule has 27 heavy (non-hydrogen) atoms. The molecular formula is C19H32N4O4. The lowest BCUT2D eigenvalue weighted by molar-refractivity contribution is -0.127. The number of carbonyl (C=O) groups excluding carboxylic acids is 2. The van der Waals surface area contributed by atoms with Crippen LogP contribution >= 0.6 is 0 Å². The average molecular weight is 380 g/mol. The van der Waals surface area contributed by atoms with Crippen LogP contribution in [-0.2, 0) is 11.3 Å². The van der Waals surface area contributed by atoms with Gasteiger partial charge < -0.3 is 15.5 Å². The Labute approximate surface area is 159 Å². The van der Waals surface area contributed by atoms with Crippen molar-refractivity contribution in [1.29, 1.82) is 0 Å². The van der Waals surface area contributed by atoms with Crippen LogP contribution in [0.4, 0.5) is 0 Å².